The van der Waals surface area contributed by atoms with Crippen LogP contribution in [0.25, 0.3) is 0 Å². The van der Waals surface area contributed by atoms with E-state index in [4.69, 9.17) is 4.74 Å². The lowest BCUT2D eigenvalue weighted by Crippen LogP contribution is -2.58. The van der Waals surface area contributed by atoms with Gasteiger partial charge >= 0.3 is 0 Å². The summed E-state index contributed by atoms with van der Waals surface area (Å²) in [5, 5.41) is 20.0. The lowest BCUT2D eigenvalue weighted by molar-refractivity contribution is -0.147. The van der Waals surface area contributed by atoms with Gasteiger partial charge in [0.1, 0.15) is 11.8 Å². The minimum atomic E-state index is -1.55. The number of rotatable bonds is 10. The molecule has 3 amide bonds. The van der Waals surface area contributed by atoms with Crippen molar-refractivity contribution in [2.45, 2.75) is 64.8 Å². The van der Waals surface area contributed by atoms with E-state index >= 15 is 0 Å². The lowest BCUT2D eigenvalue weighted by atomic mass is 9.99. The van der Waals surface area contributed by atoms with Crippen molar-refractivity contribution in [2.75, 3.05) is 30.6 Å². The zero-order valence-corrected chi connectivity index (χ0v) is 24.4. The van der Waals surface area contributed by atoms with Crippen LogP contribution in [-0.4, -0.2) is 76.7 Å². The maximum Gasteiger partial charge on any atom is 0.258 e. The Bertz CT molecular complexity index is 1150. The highest BCUT2D eigenvalue weighted by Gasteiger charge is 2.40. The Kier molecular flexibility index (Phi) is 10.3. The van der Waals surface area contributed by atoms with E-state index in [0.29, 0.717) is 11.5 Å². The van der Waals surface area contributed by atoms with Crippen LogP contribution in [0.5, 0.6) is 5.75 Å². The quantitative estimate of drug-likeness (QED) is 0.355. The van der Waals surface area contributed by atoms with Gasteiger partial charge in [0, 0.05) is 24.0 Å². The first-order valence-corrected chi connectivity index (χ1v) is 14.2. The van der Waals surface area contributed by atoms with E-state index < -0.39 is 35.5 Å². The van der Waals surface area contributed by atoms with Gasteiger partial charge in [-0.25, -0.2) is 0 Å². The van der Waals surface area contributed by atoms with Crippen LogP contribution >= 0.6 is 11.8 Å². The molecule has 39 heavy (non-hydrogen) atoms. The molecule has 1 aliphatic heterocycles. The zero-order chi connectivity index (χ0) is 28.7. The van der Waals surface area contributed by atoms with Gasteiger partial charge < -0.3 is 30.7 Å². The molecule has 0 bridgehead atoms. The average molecular weight is 557 g/mol. The van der Waals surface area contributed by atoms with E-state index in [0.717, 1.165) is 22.4 Å². The second-order valence-electron chi connectivity index (χ2n) is 10.8. The number of anilines is 1. The van der Waals surface area contributed by atoms with E-state index in [-0.39, 0.29) is 24.8 Å². The zero-order valence-electron chi connectivity index (χ0n) is 23.5. The minimum absolute atomic E-state index is 0.230. The van der Waals surface area contributed by atoms with E-state index in [1.54, 1.807) is 0 Å². The van der Waals surface area contributed by atoms with Crippen molar-refractivity contribution in [3.8, 4) is 5.75 Å². The van der Waals surface area contributed by atoms with Gasteiger partial charge in [-0.2, -0.15) is 0 Å². The number of hydrogen-bond acceptors (Lipinski definition) is 7. The summed E-state index contributed by atoms with van der Waals surface area (Å²) in [6, 6.07) is 11.6. The monoisotopic (exact) mass is 556 g/mol. The third kappa shape index (κ3) is 8.37. The number of aryl methyl sites for hydroxylation is 2. The minimum Gasteiger partial charge on any atom is -0.483 e. The standard InChI is InChI=1S/C29H40N4O5S/c1-18-12-21(30-6)13-19(2)26(18)38-15-24(34)31-22(14-20-10-8-7-9-11-20)25(35)28(37)33-17-39-16-23(33)27(36)32-29(3,4)5/h7-13,22-23,25,30,35H,14-17H2,1-6H3,(H,31,34)(H,32,36)/t22-,23-,25-/m0/s1. The van der Waals surface area contributed by atoms with E-state index in [1.165, 1.54) is 16.7 Å². The van der Waals surface area contributed by atoms with Crippen LogP contribution in [0.4, 0.5) is 5.69 Å². The Hall–Kier alpha value is -3.24. The van der Waals surface area contributed by atoms with Crippen LogP contribution in [0.2, 0.25) is 0 Å². The highest BCUT2D eigenvalue weighted by atomic mass is 32.2. The number of benzene rings is 2. The van der Waals surface area contributed by atoms with Gasteiger partial charge in [0.15, 0.2) is 12.7 Å². The molecule has 3 rings (SSSR count). The molecular weight excluding hydrogens is 516 g/mol. The fourth-order valence-corrected chi connectivity index (χ4v) is 5.65. The number of aliphatic hydroxyl groups excluding tert-OH is 1. The van der Waals surface area contributed by atoms with E-state index in [9.17, 15) is 19.5 Å². The number of carbonyl (C=O) groups is 3. The van der Waals surface area contributed by atoms with Gasteiger partial charge in [0.25, 0.3) is 11.8 Å². The molecule has 0 spiro atoms. The van der Waals surface area contributed by atoms with Crippen molar-refractivity contribution in [3.63, 3.8) is 0 Å². The third-order valence-corrected chi connectivity index (χ3v) is 7.35. The smallest absolute Gasteiger partial charge is 0.258 e. The summed E-state index contributed by atoms with van der Waals surface area (Å²) in [5.41, 5.74) is 3.11. The fraction of sp³-hybridized carbons (Fsp3) is 0.483. The predicted octanol–water partition coefficient (Wildman–Crippen LogP) is 2.63. The average Bonchev–Trinajstić information content (AvgIpc) is 3.37. The summed E-state index contributed by atoms with van der Waals surface area (Å²) < 4.78 is 5.84. The molecule has 1 fully saturated rings. The van der Waals surface area contributed by atoms with E-state index in [1.807, 2.05) is 84.1 Å². The van der Waals surface area contributed by atoms with Crippen LogP contribution in [0.15, 0.2) is 42.5 Å². The van der Waals surface area contributed by atoms with Crippen LogP contribution in [0, 0.1) is 13.8 Å². The number of nitrogens with one attached hydrogen (secondary N) is 3. The summed E-state index contributed by atoms with van der Waals surface area (Å²) in [6.07, 6.45) is -1.31. The van der Waals surface area contributed by atoms with Crippen LogP contribution in [0.3, 0.4) is 0 Å². The highest BCUT2D eigenvalue weighted by Crippen LogP contribution is 2.27. The number of ether oxygens (including phenoxy) is 1. The van der Waals surface area contributed by atoms with Crippen molar-refractivity contribution in [2.24, 2.45) is 0 Å². The summed E-state index contributed by atoms with van der Waals surface area (Å²) in [6.45, 7) is 9.16. The Morgan fingerprint density at radius 1 is 1.13 bits per heavy atom. The number of hydrogen-bond donors (Lipinski definition) is 4. The largest absolute Gasteiger partial charge is 0.483 e. The van der Waals surface area contributed by atoms with Crippen LogP contribution in [-0.2, 0) is 20.8 Å². The lowest BCUT2D eigenvalue weighted by Gasteiger charge is -2.31. The molecule has 2 aromatic carbocycles. The highest BCUT2D eigenvalue weighted by molar-refractivity contribution is 7.99. The second-order valence-corrected chi connectivity index (χ2v) is 11.8. The Labute approximate surface area is 235 Å². The summed E-state index contributed by atoms with van der Waals surface area (Å²) in [5.74, 6) is 0.0218. The van der Waals surface area contributed by atoms with Gasteiger partial charge in [0.2, 0.25) is 5.91 Å². The molecule has 0 aromatic heterocycles. The third-order valence-electron chi connectivity index (χ3n) is 6.34. The maximum atomic E-state index is 13.5. The van der Waals surface area contributed by atoms with Crippen molar-refractivity contribution in [1.29, 1.82) is 0 Å². The summed E-state index contributed by atoms with van der Waals surface area (Å²) >= 11 is 1.45. The number of nitrogens with zero attached hydrogens (tertiary/aromatic N) is 1. The molecule has 9 nitrogen and oxygen atoms in total. The SMILES string of the molecule is CNc1cc(C)c(OCC(=O)N[C@@H](Cc2ccccc2)[C@H](O)C(=O)N2CSC[C@H]2C(=O)NC(C)(C)C)c(C)c1. The first-order chi connectivity index (χ1) is 18.4. The molecule has 1 heterocycles. The normalized spacial score (nSPS) is 16.8. The van der Waals surface area contributed by atoms with Crippen LogP contribution < -0.4 is 20.7 Å². The Morgan fingerprint density at radius 2 is 1.77 bits per heavy atom. The summed E-state index contributed by atoms with van der Waals surface area (Å²) in [7, 11) is 1.84. The molecule has 0 saturated carbocycles. The second kappa shape index (κ2) is 13.2. The topological polar surface area (TPSA) is 120 Å². The van der Waals surface area contributed by atoms with Gasteiger partial charge in [0.05, 0.1) is 11.9 Å². The van der Waals surface area contributed by atoms with Gasteiger partial charge in [-0.3, -0.25) is 14.4 Å². The van der Waals surface area contributed by atoms with Crippen molar-refractivity contribution in [3.05, 3.63) is 59.2 Å². The molecule has 1 aliphatic rings. The first-order valence-electron chi connectivity index (χ1n) is 13.0. The number of carbonyl (C=O) groups excluding carboxylic acids is 3. The number of thioether (sulfide) groups is 1. The Balaban J connectivity index is 1.74. The molecule has 4 N–H and O–H groups in total. The first kappa shape index (κ1) is 30.3. The maximum absolute atomic E-state index is 13.5. The molecular formula is C29H40N4O5S. The number of amides is 3. The molecule has 10 heteroatoms. The van der Waals surface area contributed by atoms with Gasteiger partial charge in [-0.15, -0.1) is 11.8 Å². The number of aliphatic hydroxyl groups is 1. The molecule has 0 radical (unpaired) electrons. The Morgan fingerprint density at radius 3 is 2.36 bits per heavy atom. The molecule has 3 atom stereocenters. The molecule has 2 aromatic rings. The predicted molar refractivity (Wildman–Crippen MR) is 155 cm³/mol. The van der Waals surface area contributed by atoms with Crippen LogP contribution in [0.1, 0.15) is 37.5 Å². The van der Waals surface area contributed by atoms with Crippen molar-refractivity contribution in [1.82, 2.24) is 15.5 Å². The van der Waals surface area contributed by atoms with Crippen molar-refractivity contribution < 1.29 is 24.2 Å². The van der Waals surface area contributed by atoms with E-state index in [2.05, 4.69) is 16.0 Å². The molecule has 0 aliphatic carbocycles. The summed E-state index contributed by atoms with van der Waals surface area (Å²) in [4.78, 5) is 40.7. The fourth-order valence-electron chi connectivity index (χ4n) is 4.49. The van der Waals surface area contributed by atoms with Gasteiger partial charge in [-0.1, -0.05) is 30.3 Å². The van der Waals surface area contributed by atoms with Crippen molar-refractivity contribution >= 4 is 35.2 Å². The molecule has 212 valence electrons. The molecule has 0 unspecified atom stereocenters. The van der Waals surface area contributed by atoms with Gasteiger partial charge in [-0.05, 0) is 69.9 Å². The molecule has 1 saturated heterocycles.